The van der Waals surface area contributed by atoms with Crippen LogP contribution in [-0.4, -0.2) is 20.5 Å². The highest BCUT2D eigenvalue weighted by atomic mass is 35.7. The van der Waals surface area contributed by atoms with Gasteiger partial charge >= 0.3 is 5.97 Å². The molecule has 0 bridgehead atoms. The van der Waals surface area contributed by atoms with Crippen molar-refractivity contribution in [1.82, 2.24) is 0 Å². The van der Waals surface area contributed by atoms with Crippen molar-refractivity contribution in [1.29, 1.82) is 0 Å². The fourth-order valence-corrected chi connectivity index (χ4v) is 3.22. The zero-order valence-corrected chi connectivity index (χ0v) is 12.3. The Morgan fingerprint density at radius 3 is 2.37 bits per heavy atom. The Kier molecular flexibility index (Phi) is 3.87. The van der Waals surface area contributed by atoms with Gasteiger partial charge in [0, 0.05) is 10.7 Å². The molecule has 0 aromatic heterocycles. The minimum atomic E-state index is -3.86. The van der Waals surface area contributed by atoms with Crippen LogP contribution in [0.2, 0.25) is 0 Å². The summed E-state index contributed by atoms with van der Waals surface area (Å²) in [6.07, 6.45) is 2.77. The van der Waals surface area contributed by atoms with E-state index in [1.807, 2.05) is 0 Å². The van der Waals surface area contributed by atoms with Gasteiger partial charge in [-0.3, -0.25) is 0 Å². The van der Waals surface area contributed by atoms with Crippen LogP contribution >= 0.6 is 10.7 Å². The van der Waals surface area contributed by atoms with Crippen molar-refractivity contribution in [3.8, 4) is 0 Å². The number of hydrogen-bond acceptors (Lipinski definition) is 4. The first-order valence-corrected chi connectivity index (χ1v) is 8.37. The molecule has 0 amide bonds. The molecule has 104 valence electrons. The zero-order chi connectivity index (χ0) is 14.2. The van der Waals surface area contributed by atoms with Gasteiger partial charge in [-0.25, -0.2) is 13.2 Å². The second kappa shape index (κ2) is 5.13. The van der Waals surface area contributed by atoms with Crippen LogP contribution in [0.15, 0.2) is 17.0 Å². The van der Waals surface area contributed by atoms with Crippen molar-refractivity contribution in [2.24, 2.45) is 0 Å². The van der Waals surface area contributed by atoms with Crippen LogP contribution in [0, 0.1) is 13.8 Å². The van der Waals surface area contributed by atoms with Crippen LogP contribution in [0.1, 0.15) is 40.7 Å². The maximum atomic E-state index is 12.0. The molecule has 0 heterocycles. The average molecular weight is 303 g/mol. The fraction of sp³-hybridized carbons (Fsp3) is 0.462. The van der Waals surface area contributed by atoms with E-state index in [-0.39, 0.29) is 16.6 Å². The Labute approximate surface area is 117 Å². The molecule has 1 aromatic rings. The molecule has 0 unspecified atom stereocenters. The molecule has 4 nitrogen and oxygen atoms in total. The van der Waals surface area contributed by atoms with Gasteiger partial charge in [-0.15, -0.1) is 0 Å². The Hall–Kier alpha value is -1.07. The molecule has 0 aliphatic heterocycles. The van der Waals surface area contributed by atoms with Crippen molar-refractivity contribution in [2.45, 2.75) is 44.1 Å². The van der Waals surface area contributed by atoms with Gasteiger partial charge in [-0.1, -0.05) is 6.07 Å². The summed E-state index contributed by atoms with van der Waals surface area (Å²) in [5.74, 6) is -0.483. The van der Waals surface area contributed by atoms with Gasteiger partial charge in [-0.05, 0) is 50.3 Å². The van der Waals surface area contributed by atoms with E-state index in [0.717, 1.165) is 19.3 Å². The lowest BCUT2D eigenvalue weighted by Gasteiger charge is -2.25. The molecule has 1 saturated carbocycles. The van der Waals surface area contributed by atoms with Gasteiger partial charge in [0.1, 0.15) is 6.10 Å². The molecule has 0 saturated heterocycles. The van der Waals surface area contributed by atoms with E-state index < -0.39 is 15.0 Å². The third-order valence-electron chi connectivity index (χ3n) is 3.33. The normalized spacial score (nSPS) is 15.9. The molecule has 1 aliphatic rings. The van der Waals surface area contributed by atoms with Crippen LogP contribution in [-0.2, 0) is 13.8 Å². The molecule has 0 atom stereocenters. The maximum Gasteiger partial charge on any atom is 0.338 e. The van der Waals surface area contributed by atoms with Crippen LogP contribution in [0.3, 0.4) is 0 Å². The number of esters is 1. The van der Waals surface area contributed by atoms with Crippen molar-refractivity contribution in [2.75, 3.05) is 0 Å². The predicted molar refractivity (Wildman–Crippen MR) is 72.0 cm³/mol. The first-order chi connectivity index (χ1) is 8.79. The monoisotopic (exact) mass is 302 g/mol. The van der Waals surface area contributed by atoms with E-state index in [1.54, 1.807) is 19.9 Å². The first kappa shape index (κ1) is 14.3. The summed E-state index contributed by atoms with van der Waals surface area (Å²) >= 11 is 0. The molecule has 0 spiro atoms. The van der Waals surface area contributed by atoms with E-state index >= 15 is 0 Å². The van der Waals surface area contributed by atoms with Crippen LogP contribution in [0.4, 0.5) is 0 Å². The first-order valence-electron chi connectivity index (χ1n) is 6.06. The number of carbonyl (C=O) groups is 1. The number of benzene rings is 1. The highest BCUT2D eigenvalue weighted by Crippen LogP contribution is 2.27. The van der Waals surface area contributed by atoms with Crippen LogP contribution in [0.25, 0.3) is 0 Å². The maximum absolute atomic E-state index is 12.0. The van der Waals surface area contributed by atoms with E-state index in [1.165, 1.54) is 6.07 Å². The summed E-state index contributed by atoms with van der Waals surface area (Å²) < 4.78 is 28.2. The van der Waals surface area contributed by atoms with Crippen molar-refractivity contribution in [3.05, 3.63) is 28.8 Å². The van der Waals surface area contributed by atoms with Gasteiger partial charge in [0.05, 0.1) is 10.5 Å². The number of halogens is 1. The smallest absolute Gasteiger partial charge is 0.338 e. The minimum absolute atomic E-state index is 0.0377. The average Bonchev–Trinajstić information content (AvgIpc) is 2.21. The molecule has 6 heteroatoms. The standard InChI is InChI=1S/C13H15ClO4S/c1-8-6-9(2)12(19(14,16)17)7-11(8)13(15)18-10-4-3-5-10/h6-7,10H,3-5H2,1-2H3. The second-order valence-electron chi connectivity index (χ2n) is 4.83. The topological polar surface area (TPSA) is 60.4 Å². The molecule has 19 heavy (non-hydrogen) atoms. The fourth-order valence-electron chi connectivity index (χ4n) is 2.02. The Balaban J connectivity index is 2.36. The van der Waals surface area contributed by atoms with E-state index in [2.05, 4.69) is 0 Å². The molecular formula is C13H15ClO4S. The van der Waals surface area contributed by atoms with E-state index in [4.69, 9.17) is 15.4 Å². The lowest BCUT2D eigenvalue weighted by molar-refractivity contribution is 0.00890. The second-order valence-corrected chi connectivity index (χ2v) is 7.36. The van der Waals surface area contributed by atoms with Gasteiger partial charge < -0.3 is 4.74 Å². The van der Waals surface area contributed by atoms with Crippen LogP contribution in [0.5, 0.6) is 0 Å². The molecule has 1 fully saturated rings. The molecule has 2 rings (SSSR count). The third-order valence-corrected chi connectivity index (χ3v) is 4.79. The third kappa shape index (κ3) is 3.09. The van der Waals surface area contributed by atoms with Gasteiger partial charge in [0.25, 0.3) is 9.05 Å². The molecule has 1 aromatic carbocycles. The largest absolute Gasteiger partial charge is 0.459 e. The summed E-state index contributed by atoms with van der Waals surface area (Å²) in [7, 11) is 1.50. The predicted octanol–water partition coefficient (Wildman–Crippen LogP) is 2.94. The van der Waals surface area contributed by atoms with Gasteiger partial charge in [0.2, 0.25) is 0 Å². The number of hydrogen-bond donors (Lipinski definition) is 0. The summed E-state index contributed by atoms with van der Waals surface area (Å²) in [4.78, 5) is 12.0. The minimum Gasteiger partial charge on any atom is -0.459 e. The molecule has 1 aliphatic carbocycles. The summed E-state index contributed by atoms with van der Waals surface area (Å²) in [6, 6.07) is 2.93. The SMILES string of the molecule is Cc1cc(C)c(S(=O)(=O)Cl)cc1C(=O)OC1CCC1. The number of ether oxygens (including phenoxy) is 1. The molecule has 0 radical (unpaired) electrons. The number of rotatable bonds is 3. The van der Waals surface area contributed by atoms with Gasteiger partial charge in [-0.2, -0.15) is 0 Å². The summed E-state index contributed by atoms with van der Waals surface area (Å²) in [6.45, 7) is 3.39. The lowest BCUT2D eigenvalue weighted by Crippen LogP contribution is -2.25. The van der Waals surface area contributed by atoms with Crippen molar-refractivity contribution < 1.29 is 17.9 Å². The Bertz CT molecular complexity index is 618. The zero-order valence-electron chi connectivity index (χ0n) is 10.8. The van der Waals surface area contributed by atoms with Crippen molar-refractivity contribution >= 4 is 25.7 Å². The van der Waals surface area contributed by atoms with Gasteiger partial charge in [0.15, 0.2) is 0 Å². The highest BCUT2D eigenvalue weighted by molar-refractivity contribution is 8.13. The lowest BCUT2D eigenvalue weighted by atomic mass is 9.96. The van der Waals surface area contributed by atoms with E-state index in [9.17, 15) is 13.2 Å². The number of aryl methyl sites for hydroxylation is 2. The highest BCUT2D eigenvalue weighted by Gasteiger charge is 2.25. The Morgan fingerprint density at radius 2 is 1.89 bits per heavy atom. The number of carbonyl (C=O) groups excluding carboxylic acids is 1. The molecular weight excluding hydrogens is 288 g/mol. The molecule has 0 N–H and O–H groups in total. The summed E-state index contributed by atoms with van der Waals surface area (Å²) in [5.41, 5.74) is 1.47. The quantitative estimate of drug-likeness (QED) is 0.636. The summed E-state index contributed by atoms with van der Waals surface area (Å²) in [5, 5.41) is 0. The van der Waals surface area contributed by atoms with E-state index in [0.29, 0.717) is 11.1 Å². The van der Waals surface area contributed by atoms with Crippen LogP contribution < -0.4 is 0 Å². The Morgan fingerprint density at radius 1 is 1.26 bits per heavy atom. The van der Waals surface area contributed by atoms with Crippen molar-refractivity contribution in [3.63, 3.8) is 0 Å².